The van der Waals surface area contributed by atoms with Gasteiger partial charge in [0.2, 0.25) is 0 Å². The molecule has 0 heterocycles. The molecule has 0 aromatic heterocycles. The number of benzene rings is 2. The summed E-state index contributed by atoms with van der Waals surface area (Å²) >= 11 is 12.7. The van der Waals surface area contributed by atoms with Crippen LogP contribution in [0.2, 0.25) is 0 Å². The minimum atomic E-state index is -0.337. The third-order valence-corrected chi connectivity index (χ3v) is 5.67. The molecule has 0 aliphatic rings. The maximum absolute atomic E-state index is 12.1. The lowest BCUT2D eigenvalue weighted by Gasteiger charge is -2.10. The largest absolute Gasteiger partial charge is 0.506 e. The van der Waals surface area contributed by atoms with Crippen LogP contribution in [-0.4, -0.2) is 35.1 Å². The molecule has 10 heteroatoms. The summed E-state index contributed by atoms with van der Waals surface area (Å²) in [5, 5.41) is 24.7. The summed E-state index contributed by atoms with van der Waals surface area (Å²) in [6.45, 7) is 0.447. The molecule has 2 amide bonds. The van der Waals surface area contributed by atoms with Gasteiger partial charge in [-0.1, -0.05) is 0 Å². The first kappa shape index (κ1) is 21.2. The van der Waals surface area contributed by atoms with E-state index in [0.717, 1.165) is 0 Å². The number of hydrogen-bond acceptors (Lipinski definition) is 4. The summed E-state index contributed by atoms with van der Waals surface area (Å²) in [6.07, 6.45) is 0. The van der Waals surface area contributed by atoms with Crippen LogP contribution in [0.5, 0.6) is 11.5 Å². The van der Waals surface area contributed by atoms with Crippen LogP contribution in [0, 0.1) is 0 Å². The summed E-state index contributed by atoms with van der Waals surface area (Å²) < 4.78 is 1.59. The van der Waals surface area contributed by atoms with E-state index in [1.165, 1.54) is 24.3 Å². The summed E-state index contributed by atoms with van der Waals surface area (Å²) in [6, 6.07) is 6.00. The van der Waals surface area contributed by atoms with Gasteiger partial charge in [-0.3, -0.25) is 9.59 Å². The quantitative estimate of drug-likeness (QED) is 0.377. The van der Waals surface area contributed by atoms with Crippen molar-refractivity contribution in [1.29, 1.82) is 0 Å². The fourth-order valence-corrected chi connectivity index (χ4v) is 4.32. The van der Waals surface area contributed by atoms with Gasteiger partial charge in [0, 0.05) is 24.2 Å². The predicted molar refractivity (Wildman–Crippen MR) is 112 cm³/mol. The molecule has 0 bridgehead atoms. The number of phenolic OH excluding ortho intramolecular Hbond substituents is 2. The van der Waals surface area contributed by atoms with Crippen molar-refractivity contribution >= 4 is 75.5 Å². The topological polar surface area (TPSA) is 98.7 Å². The van der Waals surface area contributed by atoms with Crippen molar-refractivity contribution in [1.82, 2.24) is 10.6 Å². The maximum Gasteiger partial charge on any atom is 0.251 e. The van der Waals surface area contributed by atoms with Crippen molar-refractivity contribution in [2.24, 2.45) is 0 Å². The first-order chi connectivity index (χ1) is 12.2. The van der Waals surface area contributed by atoms with Gasteiger partial charge in [-0.25, -0.2) is 0 Å². The van der Waals surface area contributed by atoms with Crippen LogP contribution < -0.4 is 10.6 Å². The molecule has 138 valence electrons. The molecule has 2 rings (SSSR count). The summed E-state index contributed by atoms with van der Waals surface area (Å²) in [4.78, 5) is 24.2. The zero-order valence-electron chi connectivity index (χ0n) is 12.9. The fourth-order valence-electron chi connectivity index (χ4n) is 1.95. The second kappa shape index (κ2) is 9.20. The van der Waals surface area contributed by atoms with Gasteiger partial charge in [-0.15, -0.1) is 0 Å². The minimum absolute atomic E-state index is 0.0139. The van der Waals surface area contributed by atoms with Crippen LogP contribution in [0.4, 0.5) is 0 Å². The molecule has 0 radical (unpaired) electrons. The highest BCUT2D eigenvalue weighted by Gasteiger charge is 2.13. The zero-order chi connectivity index (χ0) is 19.4. The molecule has 2 aromatic carbocycles. The van der Waals surface area contributed by atoms with E-state index in [1.807, 2.05) is 0 Å². The zero-order valence-corrected chi connectivity index (χ0v) is 19.3. The molecule has 0 fully saturated rings. The van der Waals surface area contributed by atoms with E-state index >= 15 is 0 Å². The Balaban J connectivity index is 1.88. The molecular formula is C16H12Br4N2O4. The second-order valence-corrected chi connectivity index (χ2v) is 8.51. The standard InChI is InChI=1S/C16H12Br4N2O4/c17-9-3-7(4-10(18)13(9)23)15(25)21-1-2-22-16(26)8-5-11(19)14(24)12(20)6-8/h3-6,23-24H,1-2H2,(H,21,25)(H,22,26). The smallest absolute Gasteiger partial charge is 0.251 e. The number of carbonyl (C=O) groups is 2. The lowest BCUT2D eigenvalue weighted by Crippen LogP contribution is -2.34. The maximum atomic E-state index is 12.1. The van der Waals surface area contributed by atoms with Crippen LogP contribution in [0.3, 0.4) is 0 Å². The molecule has 6 nitrogen and oxygen atoms in total. The minimum Gasteiger partial charge on any atom is -0.506 e. The number of aromatic hydroxyl groups is 2. The average molecular weight is 616 g/mol. The number of nitrogens with one attached hydrogen (secondary N) is 2. The van der Waals surface area contributed by atoms with E-state index in [4.69, 9.17) is 0 Å². The Bertz CT molecular complexity index is 756. The molecule has 0 aliphatic carbocycles. The van der Waals surface area contributed by atoms with Gasteiger partial charge in [-0.05, 0) is 88.0 Å². The Labute approximate surface area is 182 Å². The van der Waals surface area contributed by atoms with E-state index in [9.17, 15) is 19.8 Å². The number of hydrogen-bond donors (Lipinski definition) is 4. The van der Waals surface area contributed by atoms with E-state index in [1.54, 1.807) is 0 Å². The Hall–Kier alpha value is -1.10. The third kappa shape index (κ3) is 5.21. The Kier molecular flexibility index (Phi) is 7.51. The molecule has 0 saturated heterocycles. The van der Waals surface area contributed by atoms with Gasteiger partial charge in [-0.2, -0.15) is 0 Å². The lowest BCUT2D eigenvalue weighted by molar-refractivity contribution is 0.0927. The number of rotatable bonds is 5. The van der Waals surface area contributed by atoms with Crippen molar-refractivity contribution in [3.8, 4) is 11.5 Å². The van der Waals surface area contributed by atoms with Gasteiger partial charge >= 0.3 is 0 Å². The second-order valence-electron chi connectivity index (χ2n) is 5.09. The predicted octanol–water partition coefficient (Wildman–Crippen LogP) is 4.31. The van der Waals surface area contributed by atoms with Crippen LogP contribution in [0.1, 0.15) is 20.7 Å². The molecule has 4 N–H and O–H groups in total. The fraction of sp³-hybridized carbons (Fsp3) is 0.125. The van der Waals surface area contributed by atoms with Gasteiger partial charge in [0.05, 0.1) is 17.9 Å². The number of phenols is 2. The number of carbonyl (C=O) groups excluding carboxylic acids is 2. The first-order valence-electron chi connectivity index (χ1n) is 7.13. The number of amides is 2. The summed E-state index contributed by atoms with van der Waals surface area (Å²) in [7, 11) is 0. The van der Waals surface area contributed by atoms with Gasteiger partial charge in [0.1, 0.15) is 11.5 Å². The van der Waals surface area contributed by atoms with Crippen molar-refractivity contribution in [3.05, 3.63) is 53.3 Å². The molecule has 26 heavy (non-hydrogen) atoms. The van der Waals surface area contributed by atoms with Crippen LogP contribution in [0.15, 0.2) is 42.2 Å². The summed E-state index contributed by atoms with van der Waals surface area (Å²) in [5.41, 5.74) is 0.721. The van der Waals surface area contributed by atoms with Crippen LogP contribution in [-0.2, 0) is 0 Å². The van der Waals surface area contributed by atoms with Crippen molar-refractivity contribution < 1.29 is 19.8 Å². The monoisotopic (exact) mass is 612 g/mol. The normalized spacial score (nSPS) is 10.5. The van der Waals surface area contributed by atoms with E-state index in [0.29, 0.717) is 29.0 Å². The molecule has 0 atom stereocenters. The average Bonchev–Trinajstić information content (AvgIpc) is 2.59. The SMILES string of the molecule is O=C(NCCNC(=O)c1cc(Br)c(O)c(Br)c1)c1cc(Br)c(O)c(Br)c1. The molecule has 0 spiro atoms. The van der Waals surface area contributed by atoms with Crippen molar-refractivity contribution in [3.63, 3.8) is 0 Å². The van der Waals surface area contributed by atoms with Crippen molar-refractivity contribution in [2.45, 2.75) is 0 Å². The molecular weight excluding hydrogens is 604 g/mol. The molecule has 0 unspecified atom stereocenters. The lowest BCUT2D eigenvalue weighted by atomic mass is 10.2. The van der Waals surface area contributed by atoms with Crippen molar-refractivity contribution in [2.75, 3.05) is 13.1 Å². The highest BCUT2D eigenvalue weighted by atomic mass is 79.9. The number of halogens is 4. The molecule has 2 aromatic rings. The Morgan fingerprint density at radius 2 is 0.962 bits per heavy atom. The van der Waals surface area contributed by atoms with Crippen LogP contribution >= 0.6 is 63.7 Å². The molecule has 0 aliphatic heterocycles. The van der Waals surface area contributed by atoms with Gasteiger partial charge in [0.25, 0.3) is 11.8 Å². The summed E-state index contributed by atoms with van der Waals surface area (Å²) in [5.74, 6) is -0.647. The Morgan fingerprint density at radius 3 is 1.23 bits per heavy atom. The highest BCUT2D eigenvalue weighted by molar-refractivity contribution is 9.11. The molecule has 0 saturated carbocycles. The van der Waals surface area contributed by atoms with Gasteiger partial charge < -0.3 is 20.8 Å². The van der Waals surface area contributed by atoms with E-state index < -0.39 is 0 Å². The highest BCUT2D eigenvalue weighted by Crippen LogP contribution is 2.34. The first-order valence-corrected chi connectivity index (χ1v) is 10.3. The van der Waals surface area contributed by atoms with E-state index in [2.05, 4.69) is 74.4 Å². The van der Waals surface area contributed by atoms with Gasteiger partial charge in [0.15, 0.2) is 0 Å². The third-order valence-electron chi connectivity index (χ3n) is 3.25. The van der Waals surface area contributed by atoms with Crippen LogP contribution in [0.25, 0.3) is 0 Å². The van der Waals surface area contributed by atoms with E-state index in [-0.39, 0.29) is 36.4 Å². The Morgan fingerprint density at radius 1 is 0.692 bits per heavy atom.